The van der Waals surface area contributed by atoms with Crippen molar-refractivity contribution in [3.8, 4) is 11.5 Å². The highest BCUT2D eigenvalue weighted by Crippen LogP contribution is 2.26. The van der Waals surface area contributed by atoms with Crippen molar-refractivity contribution in [2.75, 3.05) is 27.3 Å². The summed E-state index contributed by atoms with van der Waals surface area (Å²) in [5.74, 6) is 2.61. The maximum absolute atomic E-state index is 5.42. The number of hydrogen-bond acceptors (Lipinski definition) is 3. The van der Waals surface area contributed by atoms with Crippen LogP contribution in [-0.2, 0) is 6.54 Å². The number of piperidine rings is 1. The second-order valence-electron chi connectivity index (χ2n) is 6.25. The van der Waals surface area contributed by atoms with Gasteiger partial charge in [0, 0.05) is 18.2 Å². The zero-order valence-electron chi connectivity index (χ0n) is 14.3. The van der Waals surface area contributed by atoms with E-state index in [1.165, 1.54) is 37.9 Å². The van der Waals surface area contributed by atoms with E-state index in [9.17, 15) is 0 Å². The number of ether oxygens (including phenoxy) is 2. The van der Waals surface area contributed by atoms with E-state index in [0.29, 0.717) is 0 Å². The summed E-state index contributed by atoms with van der Waals surface area (Å²) in [6.45, 7) is 9.89. The largest absolute Gasteiger partial charge is 0.497 e. The predicted octanol–water partition coefficient (Wildman–Crippen LogP) is 4.35. The van der Waals surface area contributed by atoms with Gasteiger partial charge in [-0.2, -0.15) is 0 Å². The van der Waals surface area contributed by atoms with Crippen LogP contribution < -0.4 is 9.47 Å². The molecule has 2 rings (SSSR count). The Balaban J connectivity index is 0.000000491. The molecule has 0 spiro atoms. The molecule has 0 atom stereocenters. The number of rotatable bonds is 4. The van der Waals surface area contributed by atoms with Gasteiger partial charge in [-0.25, -0.2) is 0 Å². The van der Waals surface area contributed by atoms with Gasteiger partial charge < -0.3 is 9.47 Å². The van der Waals surface area contributed by atoms with Gasteiger partial charge in [-0.3, -0.25) is 4.90 Å². The first kappa shape index (κ1) is 17.8. The highest BCUT2D eigenvalue weighted by Gasteiger charge is 2.13. The van der Waals surface area contributed by atoms with Crippen molar-refractivity contribution in [1.82, 2.24) is 4.90 Å². The number of nitrogens with zero attached hydrogens (tertiary/aromatic N) is 1. The van der Waals surface area contributed by atoms with Gasteiger partial charge in [0.15, 0.2) is 0 Å². The van der Waals surface area contributed by atoms with Crippen molar-refractivity contribution < 1.29 is 9.47 Å². The molecule has 1 aliphatic rings. The summed E-state index contributed by atoms with van der Waals surface area (Å²) in [5, 5.41) is 0. The van der Waals surface area contributed by atoms with Gasteiger partial charge in [-0.1, -0.05) is 33.3 Å². The van der Waals surface area contributed by atoms with Crippen molar-refractivity contribution in [3.05, 3.63) is 23.8 Å². The zero-order valence-corrected chi connectivity index (χ0v) is 14.3. The van der Waals surface area contributed by atoms with Crippen molar-refractivity contribution in [3.63, 3.8) is 0 Å². The Bertz CT molecular complexity index is 395. The lowest BCUT2D eigenvalue weighted by Gasteiger charge is -2.27. The molecule has 1 aromatic carbocycles. The SMILES string of the molecule is CC(C)C.COc1ccc(CN2CCCCC2)c(OC)c1. The fourth-order valence-corrected chi connectivity index (χ4v) is 2.34. The molecule has 0 unspecified atom stereocenters. The summed E-state index contributed by atoms with van der Waals surface area (Å²) in [5.41, 5.74) is 1.25. The van der Waals surface area contributed by atoms with Gasteiger partial charge in [-0.15, -0.1) is 0 Å². The fourth-order valence-electron chi connectivity index (χ4n) is 2.34. The Morgan fingerprint density at radius 1 is 1.00 bits per heavy atom. The molecule has 0 aromatic heterocycles. The van der Waals surface area contributed by atoms with Gasteiger partial charge >= 0.3 is 0 Å². The maximum Gasteiger partial charge on any atom is 0.127 e. The first-order chi connectivity index (χ1) is 10.1. The molecule has 0 N–H and O–H groups in total. The number of likely N-dealkylation sites (tertiary alicyclic amines) is 1. The van der Waals surface area contributed by atoms with Crippen molar-refractivity contribution in [2.24, 2.45) is 5.92 Å². The molecule has 1 aliphatic heterocycles. The van der Waals surface area contributed by atoms with Crippen molar-refractivity contribution in [2.45, 2.75) is 46.6 Å². The summed E-state index contributed by atoms with van der Waals surface area (Å²) < 4.78 is 10.6. The van der Waals surface area contributed by atoms with Crippen LogP contribution in [0.15, 0.2) is 18.2 Å². The monoisotopic (exact) mass is 293 g/mol. The minimum atomic E-state index is 0.833. The fraction of sp³-hybridized carbons (Fsp3) is 0.667. The second kappa shape index (κ2) is 9.67. The van der Waals surface area contributed by atoms with Crippen molar-refractivity contribution >= 4 is 0 Å². The molecule has 0 radical (unpaired) electrons. The third kappa shape index (κ3) is 6.85. The van der Waals surface area contributed by atoms with E-state index in [1.807, 2.05) is 12.1 Å². The highest BCUT2D eigenvalue weighted by atomic mass is 16.5. The van der Waals surface area contributed by atoms with E-state index < -0.39 is 0 Å². The van der Waals surface area contributed by atoms with Crippen LogP contribution in [0.3, 0.4) is 0 Å². The Morgan fingerprint density at radius 3 is 2.14 bits per heavy atom. The lowest BCUT2D eigenvalue weighted by atomic mass is 10.1. The van der Waals surface area contributed by atoms with E-state index in [1.54, 1.807) is 14.2 Å². The molecular formula is C18H31NO2. The Hall–Kier alpha value is -1.22. The average molecular weight is 293 g/mol. The summed E-state index contributed by atoms with van der Waals surface area (Å²) >= 11 is 0. The van der Waals surface area contributed by atoms with Gasteiger partial charge in [0.05, 0.1) is 14.2 Å². The van der Waals surface area contributed by atoms with E-state index in [2.05, 4.69) is 31.7 Å². The summed E-state index contributed by atoms with van der Waals surface area (Å²) in [7, 11) is 3.40. The molecular weight excluding hydrogens is 262 g/mol. The minimum Gasteiger partial charge on any atom is -0.497 e. The average Bonchev–Trinajstić information content (AvgIpc) is 2.48. The molecule has 21 heavy (non-hydrogen) atoms. The van der Waals surface area contributed by atoms with Crippen LogP contribution >= 0.6 is 0 Å². The lowest BCUT2D eigenvalue weighted by molar-refractivity contribution is 0.218. The van der Waals surface area contributed by atoms with E-state index in [-0.39, 0.29) is 0 Å². The maximum atomic E-state index is 5.42. The van der Waals surface area contributed by atoms with Gasteiger partial charge in [-0.05, 0) is 37.9 Å². The number of benzene rings is 1. The molecule has 3 heteroatoms. The Kier molecular flexibility index (Phi) is 8.21. The number of methoxy groups -OCH3 is 2. The molecule has 0 bridgehead atoms. The minimum absolute atomic E-state index is 0.833. The molecule has 120 valence electrons. The topological polar surface area (TPSA) is 21.7 Å². The van der Waals surface area contributed by atoms with Crippen LogP contribution in [0.5, 0.6) is 11.5 Å². The zero-order chi connectivity index (χ0) is 15.7. The molecule has 1 saturated heterocycles. The second-order valence-corrected chi connectivity index (χ2v) is 6.25. The third-order valence-corrected chi connectivity index (χ3v) is 3.34. The Labute approximate surface area is 130 Å². The Morgan fingerprint density at radius 2 is 1.62 bits per heavy atom. The summed E-state index contributed by atoms with van der Waals surface area (Å²) in [4.78, 5) is 2.49. The summed E-state index contributed by atoms with van der Waals surface area (Å²) in [6.07, 6.45) is 4.01. The first-order valence-electron chi connectivity index (χ1n) is 8.00. The normalized spacial score (nSPS) is 15.3. The molecule has 0 saturated carbocycles. The first-order valence-corrected chi connectivity index (χ1v) is 8.00. The molecule has 1 heterocycles. The highest BCUT2D eigenvalue weighted by molar-refractivity contribution is 5.40. The molecule has 1 aromatic rings. The molecule has 0 aliphatic carbocycles. The summed E-state index contributed by atoms with van der Waals surface area (Å²) in [6, 6.07) is 6.06. The standard InChI is InChI=1S/C14H21NO2.C4H10/c1-16-13-7-6-12(14(10-13)17-2)11-15-8-4-3-5-9-15;1-4(2)3/h6-7,10H,3-5,8-9,11H2,1-2H3;4H,1-3H3. The van der Waals surface area contributed by atoms with Crippen LogP contribution in [-0.4, -0.2) is 32.2 Å². The van der Waals surface area contributed by atoms with E-state index in [4.69, 9.17) is 9.47 Å². The smallest absolute Gasteiger partial charge is 0.127 e. The van der Waals surface area contributed by atoms with Gasteiger partial charge in [0.2, 0.25) is 0 Å². The quantitative estimate of drug-likeness (QED) is 0.823. The van der Waals surface area contributed by atoms with E-state index >= 15 is 0 Å². The molecule has 0 amide bonds. The van der Waals surface area contributed by atoms with Crippen LogP contribution in [0, 0.1) is 5.92 Å². The van der Waals surface area contributed by atoms with Crippen LogP contribution in [0.1, 0.15) is 45.6 Å². The van der Waals surface area contributed by atoms with Crippen molar-refractivity contribution in [1.29, 1.82) is 0 Å². The molecule has 3 nitrogen and oxygen atoms in total. The van der Waals surface area contributed by atoms with Gasteiger partial charge in [0.1, 0.15) is 11.5 Å². The predicted molar refractivity (Wildman–Crippen MR) is 89.2 cm³/mol. The third-order valence-electron chi connectivity index (χ3n) is 3.34. The van der Waals surface area contributed by atoms with Gasteiger partial charge in [0.25, 0.3) is 0 Å². The lowest BCUT2D eigenvalue weighted by Crippen LogP contribution is -2.29. The van der Waals surface area contributed by atoms with E-state index in [0.717, 1.165) is 24.0 Å². The number of hydrogen-bond donors (Lipinski definition) is 0. The van der Waals surface area contributed by atoms with Crippen LogP contribution in [0.4, 0.5) is 0 Å². The van der Waals surface area contributed by atoms with Crippen LogP contribution in [0.2, 0.25) is 0 Å². The van der Waals surface area contributed by atoms with Crippen LogP contribution in [0.25, 0.3) is 0 Å². The molecule has 1 fully saturated rings.